The van der Waals surface area contributed by atoms with Crippen LogP contribution >= 0.6 is 0 Å². The van der Waals surface area contributed by atoms with Crippen molar-refractivity contribution in [1.29, 1.82) is 0 Å². The number of carbonyl (C=O) groups is 1. The molecule has 0 aliphatic carbocycles. The van der Waals surface area contributed by atoms with Crippen molar-refractivity contribution in [2.24, 2.45) is 5.16 Å². The number of hydrogen-bond acceptors (Lipinski definition) is 3. The Morgan fingerprint density at radius 1 is 1.40 bits per heavy atom. The van der Waals surface area contributed by atoms with Crippen molar-refractivity contribution >= 4 is 11.7 Å². The maximum atomic E-state index is 10.6. The molecule has 0 aliphatic heterocycles. The summed E-state index contributed by atoms with van der Waals surface area (Å²) >= 11 is 0. The molecule has 0 aromatic heterocycles. The van der Waals surface area contributed by atoms with Crippen molar-refractivity contribution in [3.63, 3.8) is 0 Å². The Labute approximate surface area is 60.4 Å². The van der Waals surface area contributed by atoms with E-state index in [1.165, 1.54) is 0 Å². The highest BCUT2D eigenvalue weighted by Gasteiger charge is 2.00. The van der Waals surface area contributed by atoms with Crippen molar-refractivity contribution in [2.75, 3.05) is 0 Å². The summed E-state index contributed by atoms with van der Waals surface area (Å²) in [5.74, 6) is -0.485. The van der Waals surface area contributed by atoms with Gasteiger partial charge in [-0.05, 0) is 20.8 Å². The molecule has 0 aromatic rings. The lowest BCUT2D eigenvalue weighted by molar-refractivity contribution is -0.138. The third kappa shape index (κ3) is 3.83. The SMILES string of the molecule is C=C(C)C(=O)ON=C(C)C. The molecular weight excluding hydrogens is 130 g/mol. The van der Waals surface area contributed by atoms with Crippen molar-refractivity contribution in [1.82, 2.24) is 0 Å². The van der Waals surface area contributed by atoms with Crippen LogP contribution in [-0.2, 0) is 9.63 Å². The minimum Gasteiger partial charge on any atom is -0.313 e. The predicted octanol–water partition coefficient (Wildman–Crippen LogP) is 1.50. The van der Waals surface area contributed by atoms with Gasteiger partial charge in [-0.15, -0.1) is 0 Å². The minimum atomic E-state index is -0.485. The van der Waals surface area contributed by atoms with E-state index in [4.69, 9.17) is 0 Å². The molecule has 10 heavy (non-hydrogen) atoms. The molecule has 0 N–H and O–H groups in total. The standard InChI is InChI=1S/C7H11NO2/c1-5(2)7(9)10-8-6(3)4/h1H2,2-4H3. The third-order valence-corrected chi connectivity index (χ3v) is 0.660. The largest absolute Gasteiger partial charge is 0.360 e. The lowest BCUT2D eigenvalue weighted by atomic mass is 10.4. The first-order chi connectivity index (χ1) is 4.54. The summed E-state index contributed by atoms with van der Waals surface area (Å²) in [7, 11) is 0. The molecule has 3 nitrogen and oxygen atoms in total. The molecule has 3 heteroatoms. The van der Waals surface area contributed by atoms with Crippen molar-refractivity contribution in [2.45, 2.75) is 20.8 Å². The summed E-state index contributed by atoms with van der Waals surface area (Å²) in [5.41, 5.74) is 1.06. The lowest BCUT2D eigenvalue weighted by Gasteiger charge is -1.94. The van der Waals surface area contributed by atoms with Crippen LogP contribution in [0.25, 0.3) is 0 Å². The molecule has 0 spiro atoms. The predicted molar refractivity (Wildman–Crippen MR) is 39.7 cm³/mol. The maximum Gasteiger partial charge on any atom is 0.360 e. The van der Waals surface area contributed by atoms with E-state index in [2.05, 4.69) is 16.6 Å². The van der Waals surface area contributed by atoms with Gasteiger partial charge in [0, 0.05) is 5.57 Å². The van der Waals surface area contributed by atoms with Crippen LogP contribution in [0.3, 0.4) is 0 Å². The van der Waals surface area contributed by atoms with Crippen molar-refractivity contribution in [3.8, 4) is 0 Å². The summed E-state index contributed by atoms with van der Waals surface area (Å²) in [6.07, 6.45) is 0. The van der Waals surface area contributed by atoms with Gasteiger partial charge in [-0.1, -0.05) is 11.7 Å². The van der Waals surface area contributed by atoms with Gasteiger partial charge in [0.15, 0.2) is 0 Å². The van der Waals surface area contributed by atoms with Gasteiger partial charge < -0.3 is 4.84 Å². The first kappa shape index (κ1) is 8.88. The summed E-state index contributed by atoms with van der Waals surface area (Å²) in [6.45, 7) is 8.44. The van der Waals surface area contributed by atoms with Gasteiger partial charge in [-0.2, -0.15) is 0 Å². The fraction of sp³-hybridized carbons (Fsp3) is 0.429. The Hall–Kier alpha value is -1.12. The highest BCUT2D eigenvalue weighted by atomic mass is 16.7. The number of oxime groups is 1. The van der Waals surface area contributed by atoms with E-state index >= 15 is 0 Å². The molecule has 0 unspecified atom stereocenters. The van der Waals surface area contributed by atoms with Crippen LogP contribution < -0.4 is 0 Å². The quantitative estimate of drug-likeness (QED) is 0.253. The highest BCUT2D eigenvalue weighted by molar-refractivity contribution is 5.88. The smallest absolute Gasteiger partial charge is 0.313 e. The molecule has 0 fully saturated rings. The van der Waals surface area contributed by atoms with Crippen LogP contribution in [0.5, 0.6) is 0 Å². The molecule has 0 aliphatic rings. The van der Waals surface area contributed by atoms with E-state index < -0.39 is 5.97 Å². The maximum absolute atomic E-state index is 10.6. The Kier molecular flexibility index (Phi) is 3.39. The molecule has 0 radical (unpaired) electrons. The van der Waals surface area contributed by atoms with Gasteiger partial charge >= 0.3 is 5.97 Å². The number of nitrogens with zero attached hydrogens (tertiary/aromatic N) is 1. The second-order valence-corrected chi connectivity index (χ2v) is 2.20. The topological polar surface area (TPSA) is 38.7 Å². The molecule has 0 heterocycles. The minimum absolute atomic E-state index is 0.352. The van der Waals surface area contributed by atoms with Crippen LogP contribution in [0.15, 0.2) is 17.3 Å². The molecule has 0 saturated heterocycles. The van der Waals surface area contributed by atoms with Gasteiger partial charge in [0.2, 0.25) is 0 Å². The van der Waals surface area contributed by atoms with Gasteiger partial charge in [0.05, 0.1) is 5.71 Å². The molecular formula is C7H11NO2. The van der Waals surface area contributed by atoms with E-state index in [-0.39, 0.29) is 0 Å². The van der Waals surface area contributed by atoms with E-state index in [1.807, 2.05) is 0 Å². The van der Waals surface area contributed by atoms with E-state index in [9.17, 15) is 4.79 Å². The zero-order chi connectivity index (χ0) is 8.15. The average molecular weight is 141 g/mol. The summed E-state index contributed by atoms with van der Waals surface area (Å²) in [5, 5.41) is 3.45. The molecule has 0 rings (SSSR count). The Morgan fingerprint density at radius 3 is 2.20 bits per heavy atom. The second-order valence-electron chi connectivity index (χ2n) is 2.20. The molecule has 0 saturated carbocycles. The number of carbonyl (C=O) groups excluding carboxylic acids is 1. The van der Waals surface area contributed by atoms with Crippen LogP contribution in [0.2, 0.25) is 0 Å². The molecule has 0 bridgehead atoms. The lowest BCUT2D eigenvalue weighted by Crippen LogP contribution is -2.00. The Balaban J connectivity index is 3.83. The number of hydrogen-bond donors (Lipinski definition) is 0. The van der Waals surface area contributed by atoms with Gasteiger partial charge in [0.25, 0.3) is 0 Å². The van der Waals surface area contributed by atoms with Crippen LogP contribution in [0.4, 0.5) is 0 Å². The van der Waals surface area contributed by atoms with Crippen LogP contribution in [-0.4, -0.2) is 11.7 Å². The Morgan fingerprint density at radius 2 is 1.90 bits per heavy atom. The third-order valence-electron chi connectivity index (χ3n) is 0.660. The van der Waals surface area contributed by atoms with E-state index in [1.54, 1.807) is 20.8 Å². The average Bonchev–Trinajstić information content (AvgIpc) is 1.82. The van der Waals surface area contributed by atoms with Gasteiger partial charge in [0.1, 0.15) is 0 Å². The van der Waals surface area contributed by atoms with Crippen LogP contribution in [0.1, 0.15) is 20.8 Å². The monoisotopic (exact) mass is 141 g/mol. The van der Waals surface area contributed by atoms with Crippen molar-refractivity contribution < 1.29 is 9.63 Å². The molecule has 0 amide bonds. The fourth-order valence-corrected chi connectivity index (χ4v) is 0.211. The van der Waals surface area contributed by atoms with Gasteiger partial charge in [-0.25, -0.2) is 4.79 Å². The molecule has 0 atom stereocenters. The van der Waals surface area contributed by atoms with Crippen molar-refractivity contribution in [3.05, 3.63) is 12.2 Å². The normalized spacial score (nSPS) is 8.30. The Bertz CT molecular complexity index is 178. The summed E-state index contributed by atoms with van der Waals surface area (Å²) in [4.78, 5) is 15.0. The van der Waals surface area contributed by atoms with Gasteiger partial charge in [-0.3, -0.25) is 0 Å². The number of rotatable bonds is 2. The molecule has 56 valence electrons. The van der Waals surface area contributed by atoms with E-state index in [0.717, 1.165) is 0 Å². The zero-order valence-electron chi connectivity index (χ0n) is 6.47. The first-order valence-corrected chi connectivity index (χ1v) is 2.92. The zero-order valence-corrected chi connectivity index (χ0v) is 6.47. The summed E-state index contributed by atoms with van der Waals surface area (Å²) < 4.78 is 0. The fourth-order valence-electron chi connectivity index (χ4n) is 0.211. The second kappa shape index (κ2) is 3.82. The molecule has 0 aromatic carbocycles. The van der Waals surface area contributed by atoms with Crippen LogP contribution in [0, 0.1) is 0 Å². The first-order valence-electron chi connectivity index (χ1n) is 2.92. The summed E-state index contributed by atoms with van der Waals surface area (Å²) in [6, 6.07) is 0. The van der Waals surface area contributed by atoms with E-state index in [0.29, 0.717) is 11.3 Å². The highest BCUT2D eigenvalue weighted by Crippen LogP contribution is 1.92.